The highest BCUT2D eigenvalue weighted by Gasteiger charge is 2.32. The van der Waals surface area contributed by atoms with Crippen molar-refractivity contribution in [3.63, 3.8) is 0 Å². The summed E-state index contributed by atoms with van der Waals surface area (Å²) in [5.41, 5.74) is 2.00. The molecule has 4 rings (SSSR count). The summed E-state index contributed by atoms with van der Waals surface area (Å²) in [7, 11) is 0. The Kier molecular flexibility index (Phi) is 4.98. The lowest BCUT2D eigenvalue weighted by Crippen LogP contribution is -2.40. The summed E-state index contributed by atoms with van der Waals surface area (Å²) in [6.07, 6.45) is 6.48. The molecule has 1 aliphatic heterocycles. The lowest BCUT2D eigenvalue weighted by Gasteiger charge is -2.25. The van der Waals surface area contributed by atoms with Gasteiger partial charge in [0.15, 0.2) is 5.13 Å². The van der Waals surface area contributed by atoms with E-state index in [0.29, 0.717) is 11.6 Å². The van der Waals surface area contributed by atoms with Crippen molar-refractivity contribution in [2.75, 3.05) is 18.1 Å². The molecule has 2 aromatic rings. The first-order valence-corrected chi connectivity index (χ1v) is 10.3. The Morgan fingerprint density at radius 2 is 2.12 bits per heavy atom. The topological polar surface area (TPSA) is 42.4 Å². The Bertz CT molecular complexity index is 740. The number of carbonyl (C=O) groups is 1. The van der Waals surface area contributed by atoms with Crippen LogP contribution in [0.4, 0.5) is 5.13 Å². The molecule has 0 spiro atoms. The van der Waals surface area contributed by atoms with Gasteiger partial charge in [0.2, 0.25) is 5.91 Å². The van der Waals surface area contributed by atoms with E-state index in [4.69, 9.17) is 21.3 Å². The third-order valence-electron chi connectivity index (χ3n) is 5.30. The molecule has 2 aliphatic rings. The van der Waals surface area contributed by atoms with Crippen LogP contribution in [0.5, 0.6) is 0 Å². The van der Waals surface area contributed by atoms with Crippen molar-refractivity contribution in [1.29, 1.82) is 0 Å². The van der Waals surface area contributed by atoms with Gasteiger partial charge in [0, 0.05) is 12.5 Å². The van der Waals surface area contributed by atoms with Crippen LogP contribution in [0, 0.1) is 12.8 Å². The number of thiazole rings is 1. The summed E-state index contributed by atoms with van der Waals surface area (Å²) in [5, 5.41) is 1.47. The maximum atomic E-state index is 13.2. The van der Waals surface area contributed by atoms with Gasteiger partial charge in [0.1, 0.15) is 0 Å². The van der Waals surface area contributed by atoms with Crippen LogP contribution in [-0.2, 0) is 9.53 Å². The molecule has 0 N–H and O–H groups in total. The lowest BCUT2D eigenvalue weighted by atomic mass is 10.1. The third kappa shape index (κ3) is 3.42. The summed E-state index contributed by atoms with van der Waals surface area (Å²) >= 11 is 7.89. The molecule has 4 nitrogen and oxygen atoms in total. The number of aromatic nitrogens is 1. The molecule has 0 bridgehead atoms. The fraction of sp³-hybridized carbons (Fsp3) is 0.579. The maximum Gasteiger partial charge on any atom is 0.231 e. The second-order valence-corrected chi connectivity index (χ2v) is 8.49. The summed E-state index contributed by atoms with van der Waals surface area (Å²) in [5.74, 6) is 0.339. The number of hydrogen-bond donors (Lipinski definition) is 0. The number of rotatable bonds is 4. The summed E-state index contributed by atoms with van der Waals surface area (Å²) in [4.78, 5) is 19.9. The van der Waals surface area contributed by atoms with Crippen LogP contribution in [0.3, 0.4) is 0 Å². The molecular formula is C19H23ClN2O2S. The van der Waals surface area contributed by atoms with Crippen LogP contribution in [0.2, 0.25) is 5.02 Å². The third-order valence-corrected chi connectivity index (χ3v) is 6.84. The number of aryl methyl sites for hydroxylation is 1. The minimum atomic E-state index is 0.119. The molecule has 134 valence electrons. The van der Waals surface area contributed by atoms with Crippen LogP contribution in [-0.4, -0.2) is 30.1 Å². The number of amides is 1. The van der Waals surface area contributed by atoms with E-state index in [2.05, 4.69) is 0 Å². The molecule has 1 aromatic heterocycles. The van der Waals surface area contributed by atoms with E-state index < -0.39 is 0 Å². The molecule has 2 heterocycles. The summed E-state index contributed by atoms with van der Waals surface area (Å²) in [6.45, 7) is 3.43. The second kappa shape index (κ2) is 7.22. The first kappa shape index (κ1) is 17.3. The van der Waals surface area contributed by atoms with Gasteiger partial charge in [-0.3, -0.25) is 9.69 Å². The van der Waals surface area contributed by atoms with Crippen LogP contribution in [0.1, 0.15) is 44.1 Å². The number of ether oxygens (including phenoxy) is 1. The first-order valence-electron chi connectivity index (χ1n) is 9.12. The van der Waals surface area contributed by atoms with Gasteiger partial charge in [-0.2, -0.15) is 0 Å². The second-order valence-electron chi connectivity index (χ2n) is 7.10. The molecule has 1 amide bonds. The molecule has 1 aliphatic carbocycles. The highest BCUT2D eigenvalue weighted by molar-refractivity contribution is 7.23. The predicted molar refractivity (Wildman–Crippen MR) is 103 cm³/mol. The summed E-state index contributed by atoms with van der Waals surface area (Å²) < 4.78 is 6.76. The van der Waals surface area contributed by atoms with E-state index in [1.54, 1.807) is 0 Å². The van der Waals surface area contributed by atoms with Gasteiger partial charge in [-0.15, -0.1) is 0 Å². The van der Waals surface area contributed by atoms with Gasteiger partial charge in [0.25, 0.3) is 0 Å². The largest absolute Gasteiger partial charge is 0.376 e. The average molecular weight is 379 g/mol. The molecule has 1 saturated heterocycles. The lowest BCUT2D eigenvalue weighted by molar-refractivity contribution is -0.122. The first-order chi connectivity index (χ1) is 12.1. The molecule has 25 heavy (non-hydrogen) atoms. The molecule has 0 unspecified atom stereocenters. The quantitative estimate of drug-likeness (QED) is 0.755. The normalized spacial score (nSPS) is 21.3. The Hall–Kier alpha value is -1.17. The van der Waals surface area contributed by atoms with Gasteiger partial charge in [0.05, 0.1) is 27.9 Å². The van der Waals surface area contributed by atoms with Gasteiger partial charge < -0.3 is 4.74 Å². The number of nitrogens with zero attached hydrogens (tertiary/aromatic N) is 2. The van der Waals surface area contributed by atoms with Crippen molar-refractivity contribution in [1.82, 2.24) is 4.98 Å². The van der Waals surface area contributed by atoms with Crippen LogP contribution < -0.4 is 4.90 Å². The minimum absolute atomic E-state index is 0.119. The van der Waals surface area contributed by atoms with E-state index in [1.165, 1.54) is 11.3 Å². The monoisotopic (exact) mass is 378 g/mol. The van der Waals surface area contributed by atoms with Gasteiger partial charge in [-0.25, -0.2) is 4.98 Å². The highest BCUT2D eigenvalue weighted by atomic mass is 35.5. The number of benzene rings is 1. The smallest absolute Gasteiger partial charge is 0.231 e. The SMILES string of the molecule is Cc1ccc(Cl)c2sc(N(C[C@H]3CCCO3)C(=O)C3CCCC3)nc12. The predicted octanol–water partition coefficient (Wildman–Crippen LogP) is 4.96. The van der Waals surface area contributed by atoms with Gasteiger partial charge in [-0.1, -0.05) is 41.8 Å². The maximum absolute atomic E-state index is 13.2. The number of carbonyl (C=O) groups excluding carboxylic acids is 1. The van der Waals surface area contributed by atoms with Gasteiger partial charge >= 0.3 is 0 Å². The van der Waals surface area contributed by atoms with E-state index in [1.807, 2.05) is 24.0 Å². The summed E-state index contributed by atoms with van der Waals surface area (Å²) in [6, 6.07) is 3.89. The Labute approximate surface area is 157 Å². The average Bonchev–Trinajstić information content (AvgIpc) is 3.36. The Morgan fingerprint density at radius 3 is 2.80 bits per heavy atom. The fourth-order valence-corrected chi connectivity index (χ4v) is 5.18. The molecule has 6 heteroatoms. The fourth-order valence-electron chi connectivity index (χ4n) is 3.85. The van der Waals surface area contributed by atoms with E-state index in [0.717, 1.165) is 66.0 Å². The van der Waals surface area contributed by atoms with E-state index in [9.17, 15) is 4.79 Å². The van der Waals surface area contributed by atoms with Crippen molar-refractivity contribution in [2.24, 2.45) is 5.92 Å². The number of fused-ring (bicyclic) bond motifs is 1. The zero-order valence-electron chi connectivity index (χ0n) is 14.5. The van der Waals surface area contributed by atoms with Crippen molar-refractivity contribution in [3.05, 3.63) is 22.7 Å². The zero-order valence-corrected chi connectivity index (χ0v) is 16.0. The molecule has 2 fully saturated rings. The number of halogens is 1. The molecule has 0 radical (unpaired) electrons. The minimum Gasteiger partial charge on any atom is -0.376 e. The molecule has 1 atom stereocenters. The molecular weight excluding hydrogens is 356 g/mol. The van der Waals surface area contributed by atoms with Crippen LogP contribution in [0.25, 0.3) is 10.2 Å². The van der Waals surface area contributed by atoms with Crippen molar-refractivity contribution >= 4 is 44.2 Å². The van der Waals surface area contributed by atoms with Crippen molar-refractivity contribution in [2.45, 2.75) is 51.6 Å². The number of hydrogen-bond acceptors (Lipinski definition) is 4. The van der Waals surface area contributed by atoms with Gasteiger partial charge in [-0.05, 0) is 44.2 Å². The van der Waals surface area contributed by atoms with E-state index in [-0.39, 0.29) is 17.9 Å². The Balaban J connectivity index is 1.70. The molecule has 1 saturated carbocycles. The number of anilines is 1. The van der Waals surface area contributed by atoms with Crippen molar-refractivity contribution < 1.29 is 9.53 Å². The van der Waals surface area contributed by atoms with Crippen molar-refractivity contribution in [3.8, 4) is 0 Å². The van der Waals surface area contributed by atoms with Crippen LogP contribution in [0.15, 0.2) is 12.1 Å². The van der Waals surface area contributed by atoms with Crippen LogP contribution >= 0.6 is 22.9 Å². The molecule has 1 aromatic carbocycles. The highest BCUT2D eigenvalue weighted by Crippen LogP contribution is 2.37. The standard InChI is InChI=1S/C19H23ClN2O2S/c1-12-8-9-15(20)17-16(12)21-19(25-17)22(11-14-7-4-10-24-14)18(23)13-5-2-3-6-13/h8-9,13-14H,2-7,10-11H2,1H3/t14-/m1/s1. The zero-order chi connectivity index (χ0) is 17.4. The van der Waals surface area contributed by atoms with E-state index >= 15 is 0 Å². The Morgan fingerprint density at radius 1 is 1.32 bits per heavy atom.